The monoisotopic (exact) mass is 395 g/mol. The van der Waals surface area contributed by atoms with E-state index in [4.69, 9.17) is 0 Å². The quantitative estimate of drug-likeness (QED) is 0.689. The molecule has 0 saturated heterocycles. The minimum absolute atomic E-state index is 0.0995. The topological polar surface area (TPSA) is 76.5 Å². The van der Waals surface area contributed by atoms with Crippen molar-refractivity contribution in [1.82, 2.24) is 25.0 Å². The van der Waals surface area contributed by atoms with Crippen molar-refractivity contribution >= 4 is 0 Å². The van der Waals surface area contributed by atoms with Crippen LogP contribution in [0.25, 0.3) is 0 Å². The summed E-state index contributed by atoms with van der Waals surface area (Å²) in [5.41, 5.74) is -0.851. The van der Waals surface area contributed by atoms with Gasteiger partial charge in [0.25, 0.3) is 5.56 Å². The van der Waals surface area contributed by atoms with E-state index in [1.54, 1.807) is 13.1 Å². The van der Waals surface area contributed by atoms with Gasteiger partial charge in [-0.3, -0.25) is 4.79 Å². The Morgan fingerprint density at radius 1 is 1.21 bits per heavy atom. The molecule has 1 aromatic carbocycles. The number of H-pyrrole nitrogens is 1. The Bertz CT molecular complexity index is 980. The van der Waals surface area contributed by atoms with Gasteiger partial charge in [0.15, 0.2) is 0 Å². The predicted molar refractivity (Wildman–Crippen MR) is 91.9 cm³/mol. The van der Waals surface area contributed by atoms with Gasteiger partial charge in [-0.15, -0.1) is 5.10 Å². The second-order valence-electron chi connectivity index (χ2n) is 6.42. The van der Waals surface area contributed by atoms with Crippen LogP contribution in [0.3, 0.4) is 0 Å². The molecule has 1 N–H and O–H groups in total. The number of benzene rings is 1. The number of aryl methyl sites for hydroxylation is 1. The second-order valence-corrected chi connectivity index (χ2v) is 6.42. The van der Waals surface area contributed by atoms with Gasteiger partial charge in [-0.05, 0) is 37.8 Å². The Kier molecular flexibility index (Phi) is 5.57. The molecule has 1 aliphatic carbocycles. The molecule has 4 rings (SSSR count). The van der Waals surface area contributed by atoms with E-state index in [-0.39, 0.29) is 23.1 Å². The van der Waals surface area contributed by atoms with Crippen LogP contribution < -0.4 is 5.56 Å². The zero-order chi connectivity index (χ0) is 20.3. The van der Waals surface area contributed by atoms with Crippen LogP contribution in [-0.4, -0.2) is 25.0 Å². The van der Waals surface area contributed by atoms with Gasteiger partial charge >= 0.3 is 6.18 Å². The van der Waals surface area contributed by atoms with Gasteiger partial charge in [0.05, 0.1) is 17.8 Å². The molecule has 0 aliphatic heterocycles. The van der Waals surface area contributed by atoms with Crippen LogP contribution in [0.1, 0.15) is 35.8 Å². The Balaban J connectivity index is 0.000000236. The van der Waals surface area contributed by atoms with E-state index in [9.17, 15) is 22.4 Å². The van der Waals surface area contributed by atoms with E-state index in [1.165, 1.54) is 29.2 Å². The number of hydrogen-bond donors (Lipinski definition) is 1. The third-order valence-corrected chi connectivity index (χ3v) is 4.24. The first kappa shape index (κ1) is 19.7. The maximum atomic E-state index is 14.0. The molecule has 28 heavy (non-hydrogen) atoms. The van der Waals surface area contributed by atoms with Gasteiger partial charge in [0.2, 0.25) is 0 Å². The lowest BCUT2D eigenvalue weighted by atomic mass is 10.00. The van der Waals surface area contributed by atoms with Crippen LogP contribution >= 0.6 is 0 Å². The van der Waals surface area contributed by atoms with Gasteiger partial charge in [0.1, 0.15) is 11.6 Å². The average Bonchev–Trinajstić information content (AvgIpc) is 3.30. The SMILES string of the molecule is Cc1nccc(=O)[nH]1.Fc1cc(C(F)(F)F)ccc1C(C1CC1)n1ccnn1. The van der Waals surface area contributed by atoms with E-state index in [2.05, 4.69) is 20.3 Å². The second kappa shape index (κ2) is 7.91. The fourth-order valence-corrected chi connectivity index (χ4v) is 2.80. The lowest BCUT2D eigenvalue weighted by Gasteiger charge is -2.18. The molecule has 10 heteroatoms. The highest BCUT2D eigenvalue weighted by Crippen LogP contribution is 2.44. The fourth-order valence-electron chi connectivity index (χ4n) is 2.80. The minimum Gasteiger partial charge on any atom is -0.311 e. The maximum Gasteiger partial charge on any atom is 0.416 e. The summed E-state index contributed by atoms with van der Waals surface area (Å²) in [4.78, 5) is 16.7. The lowest BCUT2D eigenvalue weighted by molar-refractivity contribution is -0.137. The summed E-state index contributed by atoms with van der Waals surface area (Å²) >= 11 is 0. The summed E-state index contributed by atoms with van der Waals surface area (Å²) in [5, 5.41) is 7.52. The smallest absolute Gasteiger partial charge is 0.311 e. The van der Waals surface area contributed by atoms with Crippen molar-refractivity contribution in [2.45, 2.75) is 32.0 Å². The summed E-state index contributed by atoms with van der Waals surface area (Å²) < 4.78 is 53.2. The van der Waals surface area contributed by atoms with Crippen molar-refractivity contribution in [2.24, 2.45) is 5.92 Å². The molecule has 0 spiro atoms. The highest BCUT2D eigenvalue weighted by Gasteiger charge is 2.37. The van der Waals surface area contributed by atoms with Crippen molar-refractivity contribution in [3.8, 4) is 0 Å². The molecule has 0 amide bonds. The first-order chi connectivity index (χ1) is 13.3. The summed E-state index contributed by atoms with van der Waals surface area (Å²) in [6.07, 6.45) is 1.82. The molecule has 2 heterocycles. The zero-order valence-corrected chi connectivity index (χ0v) is 14.8. The number of aromatic nitrogens is 5. The van der Waals surface area contributed by atoms with E-state index in [0.717, 1.165) is 18.9 Å². The minimum atomic E-state index is -4.54. The van der Waals surface area contributed by atoms with Crippen molar-refractivity contribution < 1.29 is 17.6 Å². The summed E-state index contributed by atoms with van der Waals surface area (Å²) in [5.74, 6) is -0.00679. The number of halogens is 4. The zero-order valence-electron chi connectivity index (χ0n) is 14.8. The predicted octanol–water partition coefficient (Wildman–Crippen LogP) is 3.51. The molecule has 1 fully saturated rings. The van der Waals surface area contributed by atoms with Gasteiger partial charge in [-0.1, -0.05) is 11.3 Å². The number of aromatic amines is 1. The molecule has 3 aromatic rings. The number of nitrogens with zero attached hydrogens (tertiary/aromatic N) is 4. The molecule has 1 unspecified atom stereocenters. The third-order valence-electron chi connectivity index (χ3n) is 4.24. The van der Waals surface area contributed by atoms with Crippen LogP contribution in [0.15, 0.2) is 47.7 Å². The highest BCUT2D eigenvalue weighted by molar-refractivity contribution is 5.30. The molecule has 2 aromatic heterocycles. The van der Waals surface area contributed by atoms with Crippen LogP contribution in [0.2, 0.25) is 0 Å². The summed E-state index contributed by atoms with van der Waals surface area (Å²) in [6, 6.07) is 3.64. The van der Waals surface area contributed by atoms with Crippen LogP contribution in [-0.2, 0) is 6.18 Å². The van der Waals surface area contributed by atoms with E-state index in [0.29, 0.717) is 11.9 Å². The number of hydrogen-bond acceptors (Lipinski definition) is 4. The van der Waals surface area contributed by atoms with Crippen LogP contribution in [0.5, 0.6) is 0 Å². The normalized spacial score (nSPS) is 14.9. The number of rotatable bonds is 3. The molecule has 0 bridgehead atoms. The van der Waals surface area contributed by atoms with Crippen molar-refractivity contribution in [1.29, 1.82) is 0 Å². The first-order valence-corrected chi connectivity index (χ1v) is 8.50. The average molecular weight is 395 g/mol. The van der Waals surface area contributed by atoms with Gasteiger partial charge in [-0.25, -0.2) is 14.1 Å². The number of nitrogens with one attached hydrogen (secondary N) is 1. The third kappa shape index (κ3) is 4.81. The Hall–Kier alpha value is -3.04. The van der Waals surface area contributed by atoms with Crippen LogP contribution in [0, 0.1) is 18.7 Å². The Labute approximate surface area is 157 Å². The molecule has 148 valence electrons. The fraction of sp³-hybridized carbons (Fsp3) is 0.333. The van der Waals surface area contributed by atoms with Crippen molar-refractivity contribution in [3.63, 3.8) is 0 Å². The van der Waals surface area contributed by atoms with Gasteiger partial charge < -0.3 is 4.98 Å². The van der Waals surface area contributed by atoms with Crippen LogP contribution in [0.4, 0.5) is 17.6 Å². The van der Waals surface area contributed by atoms with Gasteiger partial charge in [-0.2, -0.15) is 13.2 Å². The van der Waals surface area contributed by atoms with E-state index in [1.807, 2.05) is 0 Å². The lowest BCUT2D eigenvalue weighted by Crippen LogP contribution is -2.16. The molecular weight excluding hydrogens is 378 g/mol. The molecule has 1 aliphatic rings. The molecular formula is C18H17F4N5O. The van der Waals surface area contributed by atoms with Gasteiger partial charge in [0, 0.05) is 24.0 Å². The Morgan fingerprint density at radius 2 is 1.96 bits per heavy atom. The molecule has 6 nitrogen and oxygen atoms in total. The number of alkyl halides is 3. The van der Waals surface area contributed by atoms with E-state index < -0.39 is 17.6 Å². The molecule has 0 radical (unpaired) electrons. The van der Waals surface area contributed by atoms with E-state index >= 15 is 0 Å². The van der Waals surface area contributed by atoms with Crippen molar-refractivity contribution in [3.05, 3.63) is 76.0 Å². The van der Waals surface area contributed by atoms with Crippen molar-refractivity contribution in [2.75, 3.05) is 0 Å². The standard InChI is InChI=1S/C13H11F4N3.C5H6N2O/c14-11-7-9(13(15,16)17)3-4-10(11)12(8-1-2-8)20-6-5-18-19-20;1-4-6-3-2-5(8)7-4/h3-8,12H,1-2H2;2-3H,1H3,(H,6,7,8). The first-order valence-electron chi connectivity index (χ1n) is 8.50. The Morgan fingerprint density at radius 3 is 2.43 bits per heavy atom. The molecule has 1 saturated carbocycles. The largest absolute Gasteiger partial charge is 0.416 e. The summed E-state index contributed by atoms with van der Waals surface area (Å²) in [7, 11) is 0. The highest BCUT2D eigenvalue weighted by atomic mass is 19.4. The molecule has 1 atom stereocenters. The maximum absolute atomic E-state index is 14.0. The summed E-state index contributed by atoms with van der Waals surface area (Å²) in [6.45, 7) is 1.74.